The number of benzene rings is 1. The van der Waals surface area contributed by atoms with Gasteiger partial charge in [-0.05, 0) is 25.5 Å². The van der Waals surface area contributed by atoms with Gasteiger partial charge in [-0.15, -0.1) is 0 Å². The van der Waals surface area contributed by atoms with Gasteiger partial charge in [0.25, 0.3) is 0 Å². The van der Waals surface area contributed by atoms with Gasteiger partial charge in [-0.3, -0.25) is 4.89 Å². The van der Waals surface area contributed by atoms with Crippen molar-refractivity contribution in [3.63, 3.8) is 0 Å². The SMILES string of the molecule is CCCOC(=O)OOOC(=O)c1ccc(C)cc1. The van der Waals surface area contributed by atoms with E-state index in [0.717, 1.165) is 5.56 Å². The van der Waals surface area contributed by atoms with E-state index < -0.39 is 12.1 Å². The van der Waals surface area contributed by atoms with Gasteiger partial charge in [0.2, 0.25) is 0 Å². The molecule has 0 aliphatic heterocycles. The lowest BCUT2D eigenvalue weighted by Gasteiger charge is -2.03. The molecule has 1 rings (SSSR count). The molecule has 0 spiro atoms. The minimum atomic E-state index is -1.06. The van der Waals surface area contributed by atoms with E-state index in [1.165, 1.54) is 0 Å². The lowest BCUT2D eigenvalue weighted by Crippen LogP contribution is -2.12. The number of aryl methyl sites for hydroxylation is 1. The molecule has 0 bridgehead atoms. The molecule has 1 aromatic carbocycles. The summed E-state index contributed by atoms with van der Waals surface area (Å²) in [5, 5.41) is 4.01. The summed E-state index contributed by atoms with van der Waals surface area (Å²) in [6.45, 7) is 3.91. The number of carbonyl (C=O) groups is 2. The molecule has 0 amide bonds. The summed E-state index contributed by atoms with van der Waals surface area (Å²) in [5.74, 6) is -0.765. The standard InChI is InChI=1S/C12H14O6/c1-3-8-15-12(14)17-18-16-11(13)10-6-4-9(2)5-7-10/h4-7H,3,8H2,1-2H3. The summed E-state index contributed by atoms with van der Waals surface area (Å²) in [6, 6.07) is 6.62. The van der Waals surface area contributed by atoms with Crippen LogP contribution in [-0.4, -0.2) is 18.7 Å². The van der Waals surface area contributed by atoms with E-state index in [1.807, 2.05) is 13.8 Å². The molecule has 6 nitrogen and oxygen atoms in total. The predicted molar refractivity (Wildman–Crippen MR) is 60.4 cm³/mol. The number of carbonyl (C=O) groups excluding carboxylic acids is 2. The fraction of sp³-hybridized carbons (Fsp3) is 0.333. The highest BCUT2D eigenvalue weighted by Crippen LogP contribution is 2.05. The fourth-order valence-corrected chi connectivity index (χ4v) is 1.02. The minimum Gasteiger partial charge on any atom is -0.432 e. The lowest BCUT2D eigenvalue weighted by molar-refractivity contribution is -0.452. The third-order valence-electron chi connectivity index (χ3n) is 1.92. The van der Waals surface area contributed by atoms with Crippen molar-refractivity contribution in [1.82, 2.24) is 0 Å². The molecule has 0 saturated heterocycles. The van der Waals surface area contributed by atoms with Crippen molar-refractivity contribution >= 4 is 12.1 Å². The minimum absolute atomic E-state index is 0.202. The first kappa shape index (κ1) is 14.0. The molecule has 0 unspecified atom stereocenters. The van der Waals surface area contributed by atoms with E-state index in [0.29, 0.717) is 6.42 Å². The van der Waals surface area contributed by atoms with Gasteiger partial charge in [0.15, 0.2) is 0 Å². The zero-order valence-corrected chi connectivity index (χ0v) is 10.2. The van der Waals surface area contributed by atoms with Crippen LogP contribution in [-0.2, 0) is 19.6 Å². The number of hydrogen-bond donors (Lipinski definition) is 0. The Balaban J connectivity index is 2.29. The van der Waals surface area contributed by atoms with E-state index in [4.69, 9.17) is 0 Å². The zero-order valence-electron chi connectivity index (χ0n) is 10.2. The van der Waals surface area contributed by atoms with Gasteiger partial charge in [0, 0.05) is 0 Å². The highest BCUT2D eigenvalue weighted by Gasteiger charge is 2.11. The van der Waals surface area contributed by atoms with Crippen LogP contribution in [0.3, 0.4) is 0 Å². The second-order valence-electron chi connectivity index (χ2n) is 3.49. The van der Waals surface area contributed by atoms with Gasteiger partial charge < -0.3 is 4.74 Å². The smallest absolute Gasteiger partial charge is 0.432 e. The molecule has 0 aromatic heterocycles. The summed E-state index contributed by atoms with van der Waals surface area (Å²) in [4.78, 5) is 30.5. The fourth-order valence-electron chi connectivity index (χ4n) is 1.02. The van der Waals surface area contributed by atoms with Gasteiger partial charge in [0.05, 0.1) is 17.2 Å². The van der Waals surface area contributed by atoms with Crippen molar-refractivity contribution in [1.29, 1.82) is 0 Å². The maximum Gasteiger partial charge on any atom is 0.543 e. The summed E-state index contributed by atoms with van der Waals surface area (Å²) >= 11 is 0. The Morgan fingerprint density at radius 2 is 1.78 bits per heavy atom. The molecule has 0 atom stereocenters. The molecule has 6 heteroatoms. The first-order chi connectivity index (χ1) is 8.63. The summed E-state index contributed by atoms with van der Waals surface area (Å²) in [7, 11) is 0. The maximum atomic E-state index is 11.4. The predicted octanol–water partition coefficient (Wildman–Crippen LogP) is 2.56. The van der Waals surface area contributed by atoms with Gasteiger partial charge in [-0.2, -0.15) is 0 Å². The Kier molecular flexibility index (Phi) is 5.66. The third-order valence-corrected chi connectivity index (χ3v) is 1.92. The van der Waals surface area contributed by atoms with E-state index in [2.05, 4.69) is 19.6 Å². The van der Waals surface area contributed by atoms with E-state index in [-0.39, 0.29) is 12.2 Å². The largest absolute Gasteiger partial charge is 0.543 e. The first-order valence-electron chi connectivity index (χ1n) is 5.42. The van der Waals surface area contributed by atoms with Crippen LogP contribution in [0.25, 0.3) is 0 Å². The van der Waals surface area contributed by atoms with Crippen molar-refractivity contribution in [3.8, 4) is 0 Å². The second kappa shape index (κ2) is 7.29. The highest BCUT2D eigenvalue weighted by atomic mass is 17.5. The Bertz CT molecular complexity index is 398. The zero-order chi connectivity index (χ0) is 13.4. The van der Waals surface area contributed by atoms with Crippen LogP contribution in [0.2, 0.25) is 0 Å². The quantitative estimate of drug-likeness (QED) is 0.457. The van der Waals surface area contributed by atoms with Gasteiger partial charge in [0.1, 0.15) is 0 Å². The molecule has 0 aliphatic carbocycles. The lowest BCUT2D eigenvalue weighted by atomic mass is 10.2. The summed E-state index contributed by atoms with van der Waals surface area (Å²) < 4.78 is 4.52. The van der Waals surface area contributed by atoms with Crippen molar-refractivity contribution in [2.45, 2.75) is 20.3 Å². The molecule has 0 radical (unpaired) electrons. The van der Waals surface area contributed by atoms with Gasteiger partial charge in [-0.1, -0.05) is 24.6 Å². The molecule has 0 fully saturated rings. The number of ether oxygens (including phenoxy) is 1. The Morgan fingerprint density at radius 1 is 1.11 bits per heavy atom. The van der Waals surface area contributed by atoms with Crippen molar-refractivity contribution < 1.29 is 29.1 Å². The topological polar surface area (TPSA) is 71.1 Å². The molecule has 1 aromatic rings. The molecular weight excluding hydrogens is 240 g/mol. The van der Waals surface area contributed by atoms with E-state index in [1.54, 1.807) is 24.3 Å². The van der Waals surface area contributed by atoms with Crippen molar-refractivity contribution in [3.05, 3.63) is 35.4 Å². The van der Waals surface area contributed by atoms with Crippen LogP contribution in [0.4, 0.5) is 4.79 Å². The number of hydrogen-bond acceptors (Lipinski definition) is 6. The van der Waals surface area contributed by atoms with Crippen molar-refractivity contribution in [2.75, 3.05) is 6.61 Å². The Hall–Kier alpha value is -2.08. The number of rotatable bonds is 5. The van der Waals surface area contributed by atoms with Crippen LogP contribution in [0.1, 0.15) is 29.3 Å². The monoisotopic (exact) mass is 254 g/mol. The van der Waals surface area contributed by atoms with Crippen LogP contribution < -0.4 is 0 Å². The molecular formula is C12H14O6. The Morgan fingerprint density at radius 3 is 2.39 bits per heavy atom. The van der Waals surface area contributed by atoms with Crippen LogP contribution >= 0.6 is 0 Å². The van der Waals surface area contributed by atoms with Crippen LogP contribution in [0.15, 0.2) is 24.3 Å². The van der Waals surface area contributed by atoms with E-state index >= 15 is 0 Å². The molecule has 0 aliphatic rings. The molecule has 0 saturated carbocycles. The van der Waals surface area contributed by atoms with Crippen LogP contribution in [0.5, 0.6) is 0 Å². The normalized spacial score (nSPS) is 9.67. The van der Waals surface area contributed by atoms with E-state index in [9.17, 15) is 9.59 Å². The highest BCUT2D eigenvalue weighted by molar-refractivity contribution is 5.88. The maximum absolute atomic E-state index is 11.4. The van der Waals surface area contributed by atoms with Crippen LogP contribution in [0, 0.1) is 6.92 Å². The molecule has 98 valence electrons. The summed E-state index contributed by atoms with van der Waals surface area (Å²) in [5.41, 5.74) is 1.29. The molecule has 0 N–H and O–H groups in total. The third kappa shape index (κ3) is 4.84. The summed E-state index contributed by atoms with van der Waals surface area (Å²) in [6.07, 6.45) is -0.410. The Labute approximate surface area is 104 Å². The average Bonchev–Trinajstić information content (AvgIpc) is 2.37. The van der Waals surface area contributed by atoms with Gasteiger partial charge >= 0.3 is 12.1 Å². The first-order valence-corrected chi connectivity index (χ1v) is 5.42. The van der Waals surface area contributed by atoms with Crippen molar-refractivity contribution in [2.24, 2.45) is 0 Å². The second-order valence-corrected chi connectivity index (χ2v) is 3.49. The molecule has 0 heterocycles. The van der Waals surface area contributed by atoms with Gasteiger partial charge in [-0.25, -0.2) is 14.5 Å². The average molecular weight is 254 g/mol. The molecule has 18 heavy (non-hydrogen) atoms.